The zero-order valence-corrected chi connectivity index (χ0v) is 14.9. The van der Waals surface area contributed by atoms with E-state index in [4.69, 9.17) is 0 Å². The third-order valence-electron chi connectivity index (χ3n) is 3.70. The van der Waals surface area contributed by atoms with Crippen LogP contribution in [0.4, 0.5) is 5.82 Å². The fourth-order valence-corrected chi connectivity index (χ4v) is 3.34. The first kappa shape index (κ1) is 15.9. The molecule has 1 unspecified atom stereocenters. The number of thiophene rings is 1. The van der Waals surface area contributed by atoms with Gasteiger partial charge in [-0.1, -0.05) is 33.8 Å². The molecule has 0 aliphatic heterocycles. The van der Waals surface area contributed by atoms with Gasteiger partial charge >= 0.3 is 0 Å². The van der Waals surface area contributed by atoms with Gasteiger partial charge in [-0.3, -0.25) is 0 Å². The quantitative estimate of drug-likeness (QED) is 0.774. The fraction of sp³-hybridized carbons (Fsp3) is 0.471. The molecule has 0 spiro atoms. The Bertz CT molecular complexity index is 770. The molecule has 0 saturated heterocycles. The number of nitrogens with zero attached hydrogens (tertiary/aromatic N) is 4. The van der Waals surface area contributed by atoms with Crippen molar-refractivity contribution >= 4 is 22.8 Å². The van der Waals surface area contributed by atoms with Crippen LogP contribution in [0.1, 0.15) is 38.4 Å². The normalized spacial score (nSPS) is 13.4. The van der Waals surface area contributed by atoms with Crippen LogP contribution in [0.5, 0.6) is 0 Å². The van der Waals surface area contributed by atoms with Crippen molar-refractivity contribution in [2.45, 2.75) is 39.5 Å². The van der Waals surface area contributed by atoms with E-state index in [9.17, 15) is 0 Å². The summed E-state index contributed by atoms with van der Waals surface area (Å²) in [6, 6.07) is 8.23. The van der Waals surface area contributed by atoms with Gasteiger partial charge in [-0.05, 0) is 35.9 Å². The molecule has 3 rings (SSSR count). The van der Waals surface area contributed by atoms with E-state index in [1.54, 1.807) is 0 Å². The topological polar surface area (TPSA) is 55.1 Å². The third kappa shape index (κ3) is 3.69. The van der Waals surface area contributed by atoms with Crippen molar-refractivity contribution in [1.82, 2.24) is 19.8 Å². The summed E-state index contributed by atoms with van der Waals surface area (Å²) in [6.07, 6.45) is 1.09. The lowest BCUT2D eigenvalue weighted by Gasteiger charge is -2.16. The van der Waals surface area contributed by atoms with Crippen LogP contribution in [0.3, 0.4) is 0 Å². The maximum absolute atomic E-state index is 4.65. The molecule has 122 valence electrons. The molecular formula is C17H23N5S. The number of rotatable bonds is 5. The minimum absolute atomic E-state index is 0.0858. The highest BCUT2D eigenvalue weighted by Gasteiger charge is 2.21. The molecule has 0 saturated carbocycles. The zero-order chi connectivity index (χ0) is 16.4. The van der Waals surface area contributed by atoms with E-state index in [1.165, 1.54) is 4.88 Å². The number of hydrogen-bond acceptors (Lipinski definition) is 5. The second-order valence-corrected chi connectivity index (χ2v) is 8.06. The van der Waals surface area contributed by atoms with E-state index in [-0.39, 0.29) is 5.41 Å². The fourth-order valence-electron chi connectivity index (χ4n) is 2.47. The molecule has 1 N–H and O–H groups in total. The lowest BCUT2D eigenvalue weighted by atomic mass is 9.96. The van der Waals surface area contributed by atoms with E-state index < -0.39 is 0 Å². The van der Waals surface area contributed by atoms with Crippen LogP contribution in [0.2, 0.25) is 0 Å². The predicted octanol–water partition coefficient (Wildman–Crippen LogP) is 3.77. The Balaban J connectivity index is 1.70. The van der Waals surface area contributed by atoms with Crippen molar-refractivity contribution in [3.05, 3.63) is 40.3 Å². The molecule has 0 amide bonds. The smallest absolute Gasteiger partial charge is 0.178 e. The average molecular weight is 329 g/mol. The van der Waals surface area contributed by atoms with Crippen LogP contribution in [-0.4, -0.2) is 26.4 Å². The van der Waals surface area contributed by atoms with E-state index in [0.29, 0.717) is 5.92 Å². The molecule has 0 aromatic carbocycles. The second kappa shape index (κ2) is 6.28. The summed E-state index contributed by atoms with van der Waals surface area (Å²) < 4.78 is 1.84. The van der Waals surface area contributed by atoms with Crippen LogP contribution in [0.25, 0.3) is 5.65 Å². The highest BCUT2D eigenvalue weighted by molar-refractivity contribution is 7.09. The predicted molar refractivity (Wildman–Crippen MR) is 95.2 cm³/mol. The molecule has 0 aliphatic rings. The summed E-state index contributed by atoms with van der Waals surface area (Å²) in [6.45, 7) is 9.50. The Morgan fingerprint density at radius 1 is 1.22 bits per heavy atom. The molecule has 5 nitrogen and oxygen atoms in total. The highest BCUT2D eigenvalue weighted by Crippen LogP contribution is 2.21. The van der Waals surface area contributed by atoms with E-state index in [1.807, 2.05) is 28.0 Å². The van der Waals surface area contributed by atoms with Gasteiger partial charge in [-0.25, -0.2) is 0 Å². The van der Waals surface area contributed by atoms with Gasteiger partial charge in [0.05, 0.1) is 0 Å². The van der Waals surface area contributed by atoms with Gasteiger partial charge < -0.3 is 5.32 Å². The summed E-state index contributed by atoms with van der Waals surface area (Å²) in [7, 11) is 0. The van der Waals surface area contributed by atoms with Crippen molar-refractivity contribution in [3.8, 4) is 0 Å². The maximum atomic E-state index is 4.65. The minimum atomic E-state index is -0.0858. The molecule has 3 heterocycles. The van der Waals surface area contributed by atoms with Gasteiger partial charge in [0.2, 0.25) is 0 Å². The van der Waals surface area contributed by atoms with Crippen molar-refractivity contribution in [2.24, 2.45) is 5.92 Å². The Morgan fingerprint density at radius 3 is 2.74 bits per heavy atom. The largest absolute Gasteiger partial charge is 0.368 e. The van der Waals surface area contributed by atoms with Crippen LogP contribution in [0.15, 0.2) is 29.6 Å². The minimum Gasteiger partial charge on any atom is -0.368 e. The highest BCUT2D eigenvalue weighted by atomic mass is 32.1. The van der Waals surface area contributed by atoms with Gasteiger partial charge in [-0.15, -0.1) is 26.6 Å². The summed E-state index contributed by atoms with van der Waals surface area (Å²) >= 11 is 1.82. The monoisotopic (exact) mass is 329 g/mol. The van der Waals surface area contributed by atoms with E-state index >= 15 is 0 Å². The first-order valence-corrected chi connectivity index (χ1v) is 8.80. The van der Waals surface area contributed by atoms with Gasteiger partial charge in [-0.2, -0.15) is 4.52 Å². The summed E-state index contributed by atoms with van der Waals surface area (Å²) in [5.74, 6) is 2.29. The number of fused-ring (bicyclic) bond motifs is 1. The molecule has 0 bridgehead atoms. The second-order valence-electron chi connectivity index (χ2n) is 7.03. The number of anilines is 1. The van der Waals surface area contributed by atoms with Crippen LogP contribution < -0.4 is 5.32 Å². The van der Waals surface area contributed by atoms with Crippen molar-refractivity contribution in [3.63, 3.8) is 0 Å². The van der Waals surface area contributed by atoms with Crippen LogP contribution >= 0.6 is 11.3 Å². The zero-order valence-electron chi connectivity index (χ0n) is 14.1. The van der Waals surface area contributed by atoms with Crippen molar-refractivity contribution < 1.29 is 0 Å². The first-order chi connectivity index (χ1) is 10.9. The summed E-state index contributed by atoms with van der Waals surface area (Å²) in [4.78, 5) is 1.43. The average Bonchev–Trinajstić information content (AvgIpc) is 3.12. The summed E-state index contributed by atoms with van der Waals surface area (Å²) in [5, 5.41) is 18.7. The first-order valence-electron chi connectivity index (χ1n) is 7.92. The molecule has 3 aromatic rings. The Labute approximate surface area is 140 Å². The SMILES string of the molecule is CC(CNc1ccc2nnc(C(C)(C)C)n2n1)Cc1cccs1. The molecule has 3 aromatic heterocycles. The molecular weight excluding hydrogens is 306 g/mol. The standard InChI is InChI=1S/C17H23N5S/c1-12(10-13-6-5-9-23-13)11-18-14-7-8-15-19-20-16(17(2,3)4)22(15)21-14/h5-9,12H,10-11H2,1-4H3,(H,18,21). The lowest BCUT2D eigenvalue weighted by molar-refractivity contribution is 0.526. The van der Waals surface area contributed by atoms with Gasteiger partial charge in [0.25, 0.3) is 0 Å². The van der Waals surface area contributed by atoms with Crippen molar-refractivity contribution in [1.29, 1.82) is 0 Å². The molecule has 0 aliphatic carbocycles. The third-order valence-corrected chi connectivity index (χ3v) is 4.59. The van der Waals surface area contributed by atoms with E-state index in [0.717, 1.165) is 30.3 Å². The number of aromatic nitrogens is 4. The van der Waals surface area contributed by atoms with Crippen LogP contribution in [0, 0.1) is 5.92 Å². The molecule has 23 heavy (non-hydrogen) atoms. The molecule has 0 radical (unpaired) electrons. The van der Waals surface area contributed by atoms with Gasteiger partial charge in [0, 0.05) is 16.8 Å². The molecule has 0 fully saturated rings. The van der Waals surface area contributed by atoms with Gasteiger partial charge in [0.15, 0.2) is 11.5 Å². The Morgan fingerprint density at radius 2 is 2.04 bits per heavy atom. The van der Waals surface area contributed by atoms with E-state index in [2.05, 4.69) is 65.8 Å². The van der Waals surface area contributed by atoms with Gasteiger partial charge in [0.1, 0.15) is 5.82 Å². The van der Waals surface area contributed by atoms with Crippen LogP contribution in [-0.2, 0) is 11.8 Å². The molecule has 1 atom stereocenters. The number of hydrogen-bond donors (Lipinski definition) is 1. The number of nitrogens with one attached hydrogen (secondary N) is 1. The summed E-state index contributed by atoms with van der Waals surface area (Å²) in [5.41, 5.74) is 0.699. The Hall–Kier alpha value is -1.95. The van der Waals surface area contributed by atoms with Crippen molar-refractivity contribution in [2.75, 3.05) is 11.9 Å². The Kier molecular flexibility index (Phi) is 4.35. The lowest BCUT2D eigenvalue weighted by Crippen LogP contribution is -2.18. The molecule has 6 heteroatoms. The maximum Gasteiger partial charge on any atom is 0.178 e.